The van der Waals surface area contributed by atoms with Crippen molar-refractivity contribution in [2.45, 2.75) is 129 Å². The van der Waals surface area contributed by atoms with Gasteiger partial charge in [0.2, 0.25) is 11.9 Å². The van der Waals surface area contributed by atoms with Gasteiger partial charge in [0.05, 0.1) is 6.61 Å². The predicted octanol–water partition coefficient (Wildman–Crippen LogP) is 6.15. The van der Waals surface area contributed by atoms with Gasteiger partial charge in [0.1, 0.15) is 26.5 Å². The molecule has 1 saturated heterocycles. The Morgan fingerprint density at radius 3 is 1.98 bits per heavy atom. The van der Waals surface area contributed by atoms with E-state index in [-0.39, 0.29) is 5.56 Å². The molecule has 2 aromatic carbocycles. The monoisotopic (exact) mass is 742 g/mol. The van der Waals surface area contributed by atoms with Gasteiger partial charge in [-0.05, 0) is 65.4 Å². The zero-order valence-electron chi connectivity index (χ0n) is 35.1. The highest BCUT2D eigenvalue weighted by atomic mass is 28.3. The van der Waals surface area contributed by atoms with E-state index in [1.165, 1.54) is 6.07 Å². The molecule has 1 aliphatic rings. The second-order valence-electron chi connectivity index (χ2n) is 13.6. The van der Waals surface area contributed by atoms with Crippen LogP contribution in [-0.4, -0.2) is 74.7 Å². The van der Waals surface area contributed by atoms with Crippen LogP contribution >= 0.6 is 0 Å². The molecule has 0 amide bonds. The van der Waals surface area contributed by atoms with Crippen LogP contribution in [0, 0.1) is 11.5 Å². The Labute approximate surface area is 314 Å². The van der Waals surface area contributed by atoms with Gasteiger partial charge in [0.15, 0.2) is 12.2 Å². The van der Waals surface area contributed by atoms with Gasteiger partial charge < -0.3 is 33.5 Å². The number of aliphatic hydroxyl groups is 1. The maximum atomic E-state index is 12.8. The van der Waals surface area contributed by atoms with Gasteiger partial charge in [0, 0.05) is 44.2 Å². The van der Waals surface area contributed by atoms with Crippen LogP contribution in [0.5, 0.6) is 5.75 Å². The number of hydrogen-bond acceptors (Lipinski definition) is 11. The van der Waals surface area contributed by atoms with Crippen LogP contribution in [0.2, 0.25) is 16.6 Å². The van der Waals surface area contributed by atoms with Crippen molar-refractivity contribution in [3.8, 4) is 17.2 Å². The molecule has 284 valence electrons. The van der Waals surface area contributed by atoms with Crippen molar-refractivity contribution < 1.29 is 58.2 Å². The van der Waals surface area contributed by atoms with Gasteiger partial charge in [-0.2, -0.15) is 0 Å². The van der Waals surface area contributed by atoms with E-state index in [2.05, 4.69) is 53.0 Å². The molecule has 5 atom stereocenters. The number of hydrogen-bond donors (Lipinski definition) is 1. The zero-order chi connectivity index (χ0) is 41.8. The first-order chi connectivity index (χ1) is 26.5. The smallest absolute Gasteiger partial charge is 0.303 e. The predicted molar refractivity (Wildman–Crippen MR) is 197 cm³/mol. The molecule has 1 unspecified atom stereocenters. The first-order valence-electron chi connectivity index (χ1n) is 20.0. The van der Waals surface area contributed by atoms with Crippen LogP contribution in [0.15, 0.2) is 42.5 Å². The Kier molecular flexibility index (Phi) is 12.6. The average molecular weight is 743 g/mol. The summed E-state index contributed by atoms with van der Waals surface area (Å²) in [5.74, 6) is -2.98. The third-order valence-corrected chi connectivity index (χ3v) is 15.6. The van der Waals surface area contributed by atoms with E-state index in [1.807, 2.05) is 31.2 Å². The lowest BCUT2D eigenvalue weighted by Gasteiger charge is -2.48. The minimum atomic E-state index is -2.72. The van der Waals surface area contributed by atoms with Crippen LogP contribution in [0.1, 0.15) is 104 Å². The molecule has 0 radical (unpaired) electrons. The van der Waals surface area contributed by atoms with Crippen molar-refractivity contribution >= 4 is 32.0 Å². The minimum Gasteiger partial charge on any atom is -0.494 e. The first-order valence-corrected chi connectivity index (χ1v) is 19.4. The summed E-state index contributed by atoms with van der Waals surface area (Å²) in [4.78, 5) is 50.1. The highest BCUT2D eigenvalue weighted by Gasteiger charge is 2.60. The van der Waals surface area contributed by atoms with Gasteiger partial charge in [0.25, 0.3) is 0 Å². The van der Waals surface area contributed by atoms with Crippen LogP contribution in [-0.2, 0) is 55.1 Å². The van der Waals surface area contributed by atoms with E-state index in [1.54, 1.807) is 12.1 Å². The zero-order valence-corrected chi connectivity index (χ0v) is 32.1. The highest BCUT2D eigenvalue weighted by molar-refractivity contribution is 6.90. The Balaban J connectivity index is 2.36. The van der Waals surface area contributed by atoms with E-state index < -0.39 is 96.4 Å². The van der Waals surface area contributed by atoms with Crippen LogP contribution in [0.25, 0.3) is 0 Å². The standard InChI is InChI=1S/C40H54O11Si/c1-12-46-35-17-13-31(14-18-35)21-33-22-34(16-15-32(33)19-20-52(24(2)3,25(4)5)26(6)7)40(45)39(50-30(11)44)38(49-29(10)43)37(48-28(9)42)36(51-40)23-47-27(8)41/h13-18,22,24-26,36-39,45H,12,21,23H2,1-11H3/t36-,37-,38+,39-,40?/m1/s1/i8D,9D,10D,11D. The summed E-state index contributed by atoms with van der Waals surface area (Å²) in [7, 11) is -2.22. The number of esters is 4. The van der Waals surface area contributed by atoms with E-state index in [0.717, 1.165) is 5.56 Å². The fourth-order valence-electron chi connectivity index (χ4n) is 7.15. The number of benzene rings is 2. The Bertz CT molecular complexity index is 1700. The molecular weight excluding hydrogens is 685 g/mol. The molecule has 0 saturated carbocycles. The van der Waals surface area contributed by atoms with Gasteiger partial charge in [-0.15, -0.1) is 5.54 Å². The molecule has 1 fully saturated rings. The summed E-state index contributed by atoms with van der Waals surface area (Å²) in [5, 5.41) is 12.7. The quantitative estimate of drug-likeness (QED) is 0.109. The number of carbonyl (C=O) groups is 4. The lowest BCUT2D eigenvalue weighted by molar-refractivity contribution is -0.360. The summed E-state index contributed by atoms with van der Waals surface area (Å²) in [6, 6.07) is 12.3. The van der Waals surface area contributed by atoms with Crippen LogP contribution in [0.4, 0.5) is 0 Å². The third-order valence-electron chi connectivity index (χ3n) is 9.33. The number of rotatable bonds is 13. The maximum absolute atomic E-state index is 12.8. The van der Waals surface area contributed by atoms with Gasteiger partial charge in [-0.25, -0.2) is 0 Å². The van der Waals surface area contributed by atoms with Crippen molar-refractivity contribution in [1.29, 1.82) is 0 Å². The van der Waals surface area contributed by atoms with Crippen molar-refractivity contribution in [2.75, 3.05) is 13.2 Å². The minimum absolute atomic E-state index is 0.0131. The summed E-state index contributed by atoms with van der Waals surface area (Å²) in [6.07, 6.45) is -6.91. The Morgan fingerprint density at radius 1 is 0.846 bits per heavy atom. The largest absolute Gasteiger partial charge is 0.494 e. The lowest BCUT2D eigenvalue weighted by atomic mass is 9.85. The first kappa shape index (κ1) is 36.2. The average Bonchev–Trinajstić information content (AvgIpc) is 3.17. The second-order valence-corrected chi connectivity index (χ2v) is 19.2. The normalized spacial score (nSPS) is 22.6. The van der Waals surface area contributed by atoms with Crippen molar-refractivity contribution in [3.05, 3.63) is 64.7 Å². The molecule has 52 heavy (non-hydrogen) atoms. The summed E-state index contributed by atoms with van der Waals surface area (Å²) in [5.41, 5.74) is 6.91. The molecule has 0 spiro atoms. The van der Waals surface area contributed by atoms with E-state index in [9.17, 15) is 24.3 Å². The molecule has 12 heteroatoms. The molecule has 11 nitrogen and oxygen atoms in total. The number of carbonyl (C=O) groups excluding carboxylic acids is 4. The van der Waals surface area contributed by atoms with Gasteiger partial charge >= 0.3 is 23.9 Å². The molecule has 0 aliphatic carbocycles. The van der Waals surface area contributed by atoms with Crippen molar-refractivity contribution in [1.82, 2.24) is 0 Å². The maximum Gasteiger partial charge on any atom is 0.303 e. The van der Waals surface area contributed by atoms with Crippen molar-refractivity contribution in [3.63, 3.8) is 0 Å². The SMILES string of the molecule is [2H]CC(=O)OC[C@H]1OC(O)(c2ccc(C#C[Si](C(C)C)(C(C)C)C(C)C)c(Cc3ccc(OCC)cc3)c2)[C@H](OC(=O)C[2H])[C@@H](OC(=O)C[2H])[C@@H]1OC(=O)C[2H]. The Morgan fingerprint density at radius 2 is 1.42 bits per heavy atom. The lowest BCUT2D eigenvalue weighted by Crippen LogP contribution is -2.66. The fourth-order valence-corrected chi connectivity index (χ4v) is 12.4. The van der Waals surface area contributed by atoms with E-state index in [4.69, 9.17) is 33.9 Å². The Hall–Kier alpha value is -4.18. The summed E-state index contributed by atoms with van der Waals surface area (Å²) >= 11 is 0. The summed E-state index contributed by atoms with van der Waals surface area (Å²) < 4.78 is 63.6. The van der Waals surface area contributed by atoms with E-state index >= 15 is 0 Å². The van der Waals surface area contributed by atoms with E-state index in [0.29, 0.717) is 46.5 Å². The van der Waals surface area contributed by atoms with Crippen LogP contribution < -0.4 is 4.74 Å². The molecular formula is C40H54O11Si. The molecule has 3 rings (SSSR count). The molecule has 1 aliphatic heterocycles. The highest BCUT2D eigenvalue weighted by Crippen LogP contribution is 2.43. The fraction of sp³-hybridized carbons (Fsp3) is 0.550. The van der Waals surface area contributed by atoms with Gasteiger partial charge in [-0.3, -0.25) is 19.2 Å². The van der Waals surface area contributed by atoms with Crippen LogP contribution in [0.3, 0.4) is 0 Å². The van der Waals surface area contributed by atoms with Crippen molar-refractivity contribution in [2.24, 2.45) is 0 Å². The molecule has 0 aromatic heterocycles. The molecule has 2 aromatic rings. The topological polar surface area (TPSA) is 144 Å². The van der Waals surface area contributed by atoms with Gasteiger partial charge in [-0.1, -0.05) is 65.7 Å². The number of ether oxygens (including phenoxy) is 6. The molecule has 0 bridgehead atoms. The second kappa shape index (κ2) is 18.0. The summed E-state index contributed by atoms with van der Waals surface area (Å²) in [6.45, 7) is 11.4. The molecule has 1 N–H and O–H groups in total. The molecule has 1 heterocycles. The third kappa shape index (κ3) is 10.0.